The van der Waals surface area contributed by atoms with Crippen molar-refractivity contribution in [1.82, 2.24) is 0 Å². The van der Waals surface area contributed by atoms with E-state index in [1.54, 1.807) is 0 Å². The number of hydrogen-bond donors (Lipinski definition) is 2. The summed E-state index contributed by atoms with van der Waals surface area (Å²) >= 11 is 5.92. The Balaban J connectivity index is 0. The molecule has 0 bridgehead atoms. The van der Waals surface area contributed by atoms with Gasteiger partial charge in [0.05, 0.1) is 0 Å². The number of thiol groups is 2. The molecule has 0 saturated carbocycles. The van der Waals surface area contributed by atoms with Gasteiger partial charge in [-0.2, -0.15) is 0 Å². The van der Waals surface area contributed by atoms with Gasteiger partial charge in [-0.3, -0.25) is 0 Å². The summed E-state index contributed by atoms with van der Waals surface area (Å²) in [5, 5.41) is 0. The molecule has 0 saturated heterocycles. The molecule has 0 aliphatic heterocycles. The zero-order chi connectivity index (χ0) is 4.50. The fourth-order valence-electron chi connectivity index (χ4n) is 0. The zero-order valence-corrected chi connectivity index (χ0v) is 4.72. The van der Waals surface area contributed by atoms with Crippen molar-refractivity contribution >= 4 is 60.8 Å². The third-order valence-corrected chi connectivity index (χ3v) is 0. The van der Waals surface area contributed by atoms with E-state index < -0.39 is 7.90 Å². The monoisotopic (exact) mass is 154 g/mol. The molecule has 0 N–H and O–H groups in total. The Kier molecular flexibility index (Phi) is 6.41. The molecule has 0 atom stereocenters. The van der Waals surface area contributed by atoms with Crippen molar-refractivity contribution in [2.45, 2.75) is 0 Å². The molecule has 0 amide bonds. The van der Waals surface area contributed by atoms with Crippen LogP contribution in [-0.2, 0) is 7.90 Å². The third kappa shape index (κ3) is 44.9. The second kappa shape index (κ2) is 3.63. The van der Waals surface area contributed by atoms with E-state index in [-0.39, 0.29) is 29.6 Å². The minimum atomic E-state index is -3.28. The second-order valence-corrected chi connectivity index (χ2v) is 5.09. The summed E-state index contributed by atoms with van der Waals surface area (Å²) in [5.74, 6) is 0. The summed E-state index contributed by atoms with van der Waals surface area (Å²) in [5.41, 5.74) is 0. The van der Waals surface area contributed by atoms with Crippen molar-refractivity contribution in [2.24, 2.45) is 0 Å². The van der Waals surface area contributed by atoms with Crippen molar-refractivity contribution in [3.63, 3.8) is 0 Å². The molecule has 0 heterocycles. The van der Waals surface area contributed by atoms with Crippen molar-refractivity contribution < 1.29 is 8.42 Å². The van der Waals surface area contributed by atoms with Crippen LogP contribution in [0, 0.1) is 0 Å². The first-order valence-electron chi connectivity index (χ1n) is 0.698. The topological polar surface area (TPSA) is 34.1 Å². The predicted octanol–water partition coefficient (Wildman–Crippen LogP) is -0.558. The molecule has 0 aromatic rings. The molecule has 34 valence electrons. The number of hydrogen-bond acceptors (Lipinski definition) is 2. The van der Waals surface area contributed by atoms with Gasteiger partial charge in [0.25, 0.3) is 0 Å². The minimum absolute atomic E-state index is 0. The van der Waals surface area contributed by atoms with Crippen LogP contribution >= 0.6 is 23.3 Å². The molecule has 0 aliphatic carbocycles. The molecule has 6 heavy (non-hydrogen) atoms. The quantitative estimate of drug-likeness (QED) is 0.279. The molecule has 0 fully saturated rings. The summed E-state index contributed by atoms with van der Waals surface area (Å²) in [4.78, 5) is 0. The normalized spacial score (nSPS) is 9.67. The van der Waals surface area contributed by atoms with Crippen LogP contribution in [0.1, 0.15) is 0 Å². The molecular weight excluding hydrogens is 151 g/mol. The average molecular weight is 154 g/mol. The molecule has 0 radical (unpaired) electrons. The van der Waals surface area contributed by atoms with Crippen LogP contribution < -0.4 is 0 Å². The Morgan fingerprint density at radius 1 is 1.17 bits per heavy atom. The van der Waals surface area contributed by atoms with E-state index in [1.165, 1.54) is 0 Å². The fourth-order valence-corrected chi connectivity index (χ4v) is 0. The summed E-state index contributed by atoms with van der Waals surface area (Å²) in [7, 11) is -3.28. The molecule has 0 spiro atoms. The van der Waals surface area contributed by atoms with Crippen molar-refractivity contribution in [3.8, 4) is 0 Å². The first-order valence-corrected chi connectivity index (χ1v) is 4.29. The van der Waals surface area contributed by atoms with Crippen LogP contribution in [0.5, 0.6) is 0 Å². The summed E-state index contributed by atoms with van der Waals surface area (Å²) in [6.07, 6.45) is 0. The van der Waals surface area contributed by atoms with Gasteiger partial charge in [-0.15, -0.1) is 0 Å². The van der Waals surface area contributed by atoms with Gasteiger partial charge in [0.1, 0.15) is 0 Å². The van der Waals surface area contributed by atoms with E-state index >= 15 is 0 Å². The maximum atomic E-state index is 9.36. The molecule has 0 aromatic heterocycles. The zero-order valence-electron chi connectivity index (χ0n) is 2.12. The van der Waals surface area contributed by atoms with Crippen LogP contribution in [0.2, 0.25) is 0 Å². The van der Waals surface area contributed by atoms with Gasteiger partial charge < -0.3 is 0 Å². The van der Waals surface area contributed by atoms with Crippen molar-refractivity contribution in [1.29, 1.82) is 0 Å². The summed E-state index contributed by atoms with van der Waals surface area (Å²) in [6.45, 7) is 0. The second-order valence-electron chi connectivity index (χ2n) is 0.448. The van der Waals surface area contributed by atoms with E-state index in [9.17, 15) is 8.42 Å². The SMILES string of the molecule is O=S(=O)(S)S.[NaH]. The van der Waals surface area contributed by atoms with Gasteiger partial charge in [0.15, 0.2) is 0 Å². The van der Waals surface area contributed by atoms with Gasteiger partial charge in [0.2, 0.25) is 7.90 Å². The Morgan fingerprint density at radius 3 is 1.17 bits per heavy atom. The van der Waals surface area contributed by atoms with E-state index in [4.69, 9.17) is 0 Å². The predicted molar refractivity (Wildman–Crippen MR) is 34.0 cm³/mol. The van der Waals surface area contributed by atoms with Crippen LogP contribution in [0.25, 0.3) is 0 Å². The molecule has 0 rings (SSSR count). The standard InChI is InChI=1S/Na.H2O2S3.H/c;1-5(2,3)4;/h;(H2,1,2,3,4);. The number of rotatable bonds is 0. The molecule has 0 aromatic carbocycles. The summed E-state index contributed by atoms with van der Waals surface area (Å²) in [6, 6.07) is 0. The van der Waals surface area contributed by atoms with Crippen LogP contribution in [-0.4, -0.2) is 38.0 Å². The van der Waals surface area contributed by atoms with E-state index in [0.29, 0.717) is 0 Å². The van der Waals surface area contributed by atoms with Gasteiger partial charge >= 0.3 is 29.6 Å². The van der Waals surface area contributed by atoms with Crippen molar-refractivity contribution in [2.75, 3.05) is 0 Å². The fraction of sp³-hybridized carbons (Fsp3) is 0. The van der Waals surface area contributed by atoms with Crippen LogP contribution in [0.4, 0.5) is 0 Å². The maximum absolute atomic E-state index is 9.36. The molecule has 2 nitrogen and oxygen atoms in total. The van der Waals surface area contributed by atoms with Crippen molar-refractivity contribution in [3.05, 3.63) is 0 Å². The third-order valence-electron chi connectivity index (χ3n) is 0. The Bertz CT molecular complexity index is 92.0. The van der Waals surface area contributed by atoms with Gasteiger partial charge in [0, 0.05) is 0 Å². The Labute approximate surface area is 68.5 Å². The molecule has 0 aliphatic rings. The first-order chi connectivity index (χ1) is 2.00. The van der Waals surface area contributed by atoms with E-state index in [1.807, 2.05) is 0 Å². The van der Waals surface area contributed by atoms with E-state index in [0.717, 1.165) is 0 Å². The molecule has 6 heteroatoms. The van der Waals surface area contributed by atoms with Crippen LogP contribution in [0.15, 0.2) is 0 Å². The Hall–Kier alpha value is 1.65. The van der Waals surface area contributed by atoms with E-state index in [2.05, 4.69) is 23.3 Å². The van der Waals surface area contributed by atoms with Gasteiger partial charge in [-0.05, 0) is 23.3 Å². The summed E-state index contributed by atoms with van der Waals surface area (Å²) < 4.78 is 18.7. The van der Waals surface area contributed by atoms with Gasteiger partial charge in [-0.1, -0.05) is 0 Å². The molecular formula is H3NaO2S3. The van der Waals surface area contributed by atoms with Crippen LogP contribution in [0.3, 0.4) is 0 Å². The van der Waals surface area contributed by atoms with Gasteiger partial charge in [-0.25, -0.2) is 8.42 Å². The first kappa shape index (κ1) is 10.6. The molecule has 0 unspecified atom stereocenters. The average Bonchev–Trinajstić information content (AvgIpc) is 0.722. The Morgan fingerprint density at radius 2 is 1.17 bits per heavy atom.